The highest BCUT2D eigenvalue weighted by Crippen LogP contribution is 2.17. The van der Waals surface area contributed by atoms with Gasteiger partial charge in [-0.15, -0.1) is 0 Å². The van der Waals surface area contributed by atoms with E-state index in [9.17, 15) is 13.2 Å². The summed E-state index contributed by atoms with van der Waals surface area (Å²) in [5, 5.41) is 9.15. The molecule has 1 aromatic heterocycles. The number of halogens is 1. The molecule has 0 amide bonds. The van der Waals surface area contributed by atoms with Crippen molar-refractivity contribution in [2.45, 2.75) is 4.90 Å². The molecule has 1 heterocycles. The SMILES string of the molecule is O=C(O)c1ccc(NS(=O)(=O)c2ccc(Cl)cc2)nc1. The molecule has 104 valence electrons. The molecule has 0 spiro atoms. The molecular formula is C12H9ClN2O4S. The van der Waals surface area contributed by atoms with E-state index in [0.29, 0.717) is 5.02 Å². The van der Waals surface area contributed by atoms with E-state index < -0.39 is 16.0 Å². The van der Waals surface area contributed by atoms with Crippen molar-refractivity contribution in [2.75, 3.05) is 4.72 Å². The lowest BCUT2D eigenvalue weighted by atomic mass is 10.3. The standard InChI is InChI=1S/C12H9ClN2O4S/c13-9-2-4-10(5-3-9)20(18,19)15-11-6-1-8(7-14-11)12(16)17/h1-7H,(H,14,15)(H,16,17). The average Bonchev–Trinajstić information content (AvgIpc) is 2.39. The summed E-state index contributed by atoms with van der Waals surface area (Å²) in [6.07, 6.45) is 1.07. The lowest BCUT2D eigenvalue weighted by Gasteiger charge is -2.07. The first-order valence-electron chi connectivity index (χ1n) is 5.36. The Bertz CT molecular complexity index is 727. The molecule has 0 aliphatic rings. The van der Waals surface area contributed by atoms with E-state index in [0.717, 1.165) is 6.20 Å². The van der Waals surface area contributed by atoms with Gasteiger partial charge in [0.15, 0.2) is 0 Å². The van der Waals surface area contributed by atoms with Crippen LogP contribution in [0.15, 0.2) is 47.5 Å². The average molecular weight is 313 g/mol. The predicted molar refractivity (Wildman–Crippen MR) is 73.5 cm³/mol. The van der Waals surface area contributed by atoms with Gasteiger partial charge in [0.2, 0.25) is 0 Å². The zero-order valence-electron chi connectivity index (χ0n) is 9.95. The third-order valence-electron chi connectivity index (χ3n) is 2.37. The predicted octanol–water partition coefficient (Wildman–Crippen LogP) is 2.23. The number of rotatable bonds is 4. The van der Waals surface area contributed by atoms with Crippen LogP contribution in [-0.4, -0.2) is 24.5 Å². The van der Waals surface area contributed by atoms with Crippen molar-refractivity contribution in [3.63, 3.8) is 0 Å². The Kier molecular flexibility index (Phi) is 3.91. The minimum atomic E-state index is -3.78. The number of carbonyl (C=O) groups is 1. The van der Waals surface area contributed by atoms with Crippen LogP contribution in [0.3, 0.4) is 0 Å². The number of carboxylic acids is 1. The fourth-order valence-corrected chi connectivity index (χ4v) is 2.53. The maximum absolute atomic E-state index is 12.0. The number of aromatic carboxylic acids is 1. The molecule has 2 aromatic rings. The molecule has 0 unspecified atom stereocenters. The third kappa shape index (κ3) is 3.25. The summed E-state index contributed by atoms with van der Waals surface area (Å²) >= 11 is 5.69. The van der Waals surface area contributed by atoms with E-state index in [1.807, 2.05) is 0 Å². The topological polar surface area (TPSA) is 96.4 Å². The first-order chi connectivity index (χ1) is 9.38. The molecule has 2 N–H and O–H groups in total. The molecule has 1 aromatic carbocycles. The smallest absolute Gasteiger partial charge is 0.337 e. The fraction of sp³-hybridized carbons (Fsp3) is 0. The van der Waals surface area contributed by atoms with E-state index >= 15 is 0 Å². The Morgan fingerprint density at radius 1 is 1.15 bits per heavy atom. The number of pyridine rings is 1. The van der Waals surface area contributed by atoms with Crippen LogP contribution < -0.4 is 4.72 Å². The summed E-state index contributed by atoms with van der Waals surface area (Å²) in [5.41, 5.74) is -0.0283. The highest BCUT2D eigenvalue weighted by molar-refractivity contribution is 7.92. The molecule has 0 atom stereocenters. The highest BCUT2D eigenvalue weighted by Gasteiger charge is 2.14. The van der Waals surface area contributed by atoms with E-state index in [-0.39, 0.29) is 16.3 Å². The summed E-state index contributed by atoms with van der Waals surface area (Å²) in [5.74, 6) is -1.10. The van der Waals surface area contributed by atoms with E-state index in [4.69, 9.17) is 16.7 Å². The first-order valence-corrected chi connectivity index (χ1v) is 7.22. The van der Waals surface area contributed by atoms with E-state index in [2.05, 4.69) is 9.71 Å². The second-order valence-electron chi connectivity index (χ2n) is 3.80. The van der Waals surface area contributed by atoms with Crippen LogP contribution in [0.2, 0.25) is 5.02 Å². The van der Waals surface area contributed by atoms with Crippen molar-refractivity contribution >= 4 is 33.4 Å². The second kappa shape index (κ2) is 5.48. The number of nitrogens with one attached hydrogen (secondary N) is 1. The van der Waals surface area contributed by atoms with Gasteiger partial charge in [-0.1, -0.05) is 11.6 Å². The van der Waals surface area contributed by atoms with E-state index in [1.165, 1.54) is 36.4 Å². The molecule has 0 aliphatic carbocycles. The van der Waals surface area contributed by atoms with Gasteiger partial charge in [0, 0.05) is 11.2 Å². The van der Waals surface area contributed by atoms with Crippen molar-refractivity contribution in [1.82, 2.24) is 4.98 Å². The van der Waals surface area contributed by atoms with Crippen molar-refractivity contribution < 1.29 is 18.3 Å². The number of carboxylic acid groups (broad SMARTS) is 1. The molecule has 2 rings (SSSR count). The minimum absolute atomic E-state index is 0.0283. The number of nitrogens with zero attached hydrogens (tertiary/aromatic N) is 1. The number of aromatic nitrogens is 1. The monoisotopic (exact) mass is 312 g/mol. The van der Waals surface area contributed by atoms with Gasteiger partial charge < -0.3 is 5.11 Å². The highest BCUT2D eigenvalue weighted by atomic mass is 35.5. The summed E-state index contributed by atoms with van der Waals surface area (Å²) in [7, 11) is -3.78. The van der Waals surface area contributed by atoms with Gasteiger partial charge in [-0.05, 0) is 36.4 Å². The number of sulfonamides is 1. The van der Waals surface area contributed by atoms with Gasteiger partial charge in [0.25, 0.3) is 10.0 Å². The molecule has 0 saturated carbocycles. The maximum atomic E-state index is 12.0. The molecule has 0 aliphatic heterocycles. The fourth-order valence-electron chi connectivity index (χ4n) is 1.39. The van der Waals surface area contributed by atoms with Crippen molar-refractivity contribution in [3.8, 4) is 0 Å². The Morgan fingerprint density at radius 3 is 2.30 bits per heavy atom. The number of anilines is 1. The second-order valence-corrected chi connectivity index (χ2v) is 5.92. The molecule has 0 saturated heterocycles. The molecule has 6 nitrogen and oxygen atoms in total. The normalized spacial score (nSPS) is 11.1. The lowest BCUT2D eigenvalue weighted by Crippen LogP contribution is -2.14. The van der Waals surface area contributed by atoms with Crippen LogP contribution in [0.4, 0.5) is 5.82 Å². The Balaban J connectivity index is 2.24. The zero-order chi connectivity index (χ0) is 14.8. The summed E-state index contributed by atoms with van der Waals surface area (Å²) < 4.78 is 26.3. The molecule has 0 radical (unpaired) electrons. The van der Waals surface area contributed by atoms with Crippen molar-refractivity contribution in [2.24, 2.45) is 0 Å². The Morgan fingerprint density at radius 2 is 1.80 bits per heavy atom. The van der Waals surface area contributed by atoms with Gasteiger partial charge >= 0.3 is 5.97 Å². The van der Waals surface area contributed by atoms with Crippen LogP contribution in [0.25, 0.3) is 0 Å². The Hall–Kier alpha value is -2.12. The van der Waals surface area contributed by atoms with Crippen LogP contribution in [0.5, 0.6) is 0 Å². The summed E-state index contributed by atoms with van der Waals surface area (Å²) in [6, 6.07) is 8.16. The van der Waals surface area contributed by atoms with Crippen LogP contribution in [-0.2, 0) is 10.0 Å². The summed E-state index contributed by atoms with van der Waals surface area (Å²) in [4.78, 5) is 14.4. The van der Waals surface area contributed by atoms with Gasteiger partial charge in [-0.25, -0.2) is 18.2 Å². The molecule has 8 heteroatoms. The van der Waals surface area contributed by atoms with Crippen LogP contribution in [0.1, 0.15) is 10.4 Å². The number of hydrogen-bond acceptors (Lipinski definition) is 4. The van der Waals surface area contributed by atoms with Crippen LogP contribution in [0, 0.1) is 0 Å². The molecule has 0 bridgehead atoms. The number of hydrogen-bond donors (Lipinski definition) is 2. The van der Waals surface area contributed by atoms with Gasteiger partial charge in [0.05, 0.1) is 10.5 Å². The van der Waals surface area contributed by atoms with Gasteiger partial charge in [0.1, 0.15) is 5.82 Å². The zero-order valence-corrected chi connectivity index (χ0v) is 11.5. The molecule has 20 heavy (non-hydrogen) atoms. The lowest BCUT2D eigenvalue weighted by molar-refractivity contribution is 0.0696. The van der Waals surface area contributed by atoms with Crippen molar-refractivity contribution in [3.05, 3.63) is 53.2 Å². The largest absolute Gasteiger partial charge is 0.478 e. The number of benzene rings is 1. The van der Waals surface area contributed by atoms with Crippen molar-refractivity contribution in [1.29, 1.82) is 0 Å². The Labute approximate surface area is 120 Å². The van der Waals surface area contributed by atoms with Gasteiger partial charge in [-0.3, -0.25) is 4.72 Å². The summed E-state index contributed by atoms with van der Waals surface area (Å²) in [6.45, 7) is 0. The van der Waals surface area contributed by atoms with Crippen LogP contribution >= 0.6 is 11.6 Å². The maximum Gasteiger partial charge on any atom is 0.337 e. The quantitative estimate of drug-likeness (QED) is 0.902. The van der Waals surface area contributed by atoms with Gasteiger partial charge in [-0.2, -0.15) is 0 Å². The molecular weight excluding hydrogens is 304 g/mol. The minimum Gasteiger partial charge on any atom is -0.478 e. The molecule has 0 fully saturated rings. The first kappa shape index (κ1) is 14.3. The third-order valence-corrected chi connectivity index (χ3v) is 4.00. The van der Waals surface area contributed by atoms with E-state index in [1.54, 1.807) is 0 Å².